The molecule has 0 atom stereocenters. The quantitative estimate of drug-likeness (QED) is 0.600. The average molecular weight is 309 g/mol. The molecule has 0 saturated carbocycles. The Bertz CT molecular complexity index is 579. The third-order valence-electron chi connectivity index (χ3n) is 3.30. The maximum Gasteiger partial charge on any atom is 0.138 e. The van der Waals surface area contributed by atoms with Gasteiger partial charge in [0.15, 0.2) is 0 Å². The van der Waals surface area contributed by atoms with Crippen molar-refractivity contribution in [2.24, 2.45) is 0 Å². The van der Waals surface area contributed by atoms with Gasteiger partial charge in [-0.05, 0) is 38.4 Å². The Balaban J connectivity index is 2.83. The van der Waals surface area contributed by atoms with Crippen LogP contribution in [0.15, 0.2) is 27.3 Å². The Morgan fingerprint density at radius 1 is 0.944 bits per heavy atom. The van der Waals surface area contributed by atoms with Crippen molar-refractivity contribution in [1.29, 1.82) is 0 Å². The van der Waals surface area contributed by atoms with Gasteiger partial charge in [0.1, 0.15) is 11.8 Å². The van der Waals surface area contributed by atoms with Gasteiger partial charge >= 0.3 is 0 Å². The molecular formula is C16H21BrO. The fraction of sp³-hybridized carbons (Fsp3) is 0.500. The Labute approximate surface area is 118 Å². The van der Waals surface area contributed by atoms with Gasteiger partial charge in [-0.15, -0.1) is 0 Å². The molecule has 0 N–H and O–H groups in total. The molecule has 0 aliphatic carbocycles. The third-order valence-corrected chi connectivity index (χ3v) is 3.91. The molecule has 0 spiro atoms. The van der Waals surface area contributed by atoms with Gasteiger partial charge in [0.2, 0.25) is 0 Å². The number of rotatable bonds is 0. The summed E-state index contributed by atoms with van der Waals surface area (Å²) in [5.74, 6) is 0. The minimum Gasteiger partial charge on any atom is -0.463 e. The second kappa shape index (κ2) is 4.12. The summed E-state index contributed by atoms with van der Waals surface area (Å²) in [6.07, 6.45) is 1.78. The summed E-state index contributed by atoms with van der Waals surface area (Å²) >= 11 is 3.57. The summed E-state index contributed by atoms with van der Waals surface area (Å²) < 4.78 is 6.76. The van der Waals surface area contributed by atoms with Crippen molar-refractivity contribution in [2.45, 2.75) is 52.4 Å². The van der Waals surface area contributed by atoms with Crippen molar-refractivity contribution >= 4 is 26.9 Å². The molecule has 0 aliphatic heterocycles. The molecule has 1 nitrogen and oxygen atoms in total. The van der Waals surface area contributed by atoms with Gasteiger partial charge in [0, 0.05) is 10.9 Å². The van der Waals surface area contributed by atoms with Gasteiger partial charge in [-0.1, -0.05) is 47.6 Å². The van der Waals surface area contributed by atoms with Crippen LogP contribution in [0, 0.1) is 0 Å². The van der Waals surface area contributed by atoms with E-state index in [1.165, 1.54) is 16.5 Å². The maximum absolute atomic E-state index is 5.73. The lowest BCUT2D eigenvalue weighted by atomic mass is 9.80. The second-order valence-electron chi connectivity index (χ2n) is 6.98. The van der Waals surface area contributed by atoms with Gasteiger partial charge < -0.3 is 4.42 Å². The number of benzene rings is 1. The number of hydrogen-bond acceptors (Lipinski definition) is 1. The zero-order valence-corrected chi connectivity index (χ0v) is 13.6. The lowest BCUT2D eigenvalue weighted by molar-refractivity contribution is 0.549. The van der Waals surface area contributed by atoms with Gasteiger partial charge in [-0.3, -0.25) is 0 Å². The number of hydrogen-bond donors (Lipinski definition) is 0. The largest absolute Gasteiger partial charge is 0.463 e. The first-order valence-corrected chi connectivity index (χ1v) is 7.12. The molecule has 18 heavy (non-hydrogen) atoms. The highest BCUT2D eigenvalue weighted by Crippen LogP contribution is 2.38. The first-order valence-electron chi connectivity index (χ1n) is 6.32. The SMILES string of the molecule is CC(C)(C)c1cc(C(C)(C)C)c2occ(Br)c2c1. The number of halogens is 1. The molecule has 2 aromatic rings. The average Bonchev–Trinajstić information content (AvgIpc) is 2.56. The van der Waals surface area contributed by atoms with Gasteiger partial charge in [0.05, 0.1) is 4.47 Å². The van der Waals surface area contributed by atoms with Crippen LogP contribution in [0.1, 0.15) is 52.7 Å². The lowest BCUT2D eigenvalue weighted by Crippen LogP contribution is -2.16. The first kappa shape index (κ1) is 13.7. The summed E-state index contributed by atoms with van der Waals surface area (Å²) in [6, 6.07) is 4.52. The van der Waals surface area contributed by atoms with Crippen LogP contribution in [0.5, 0.6) is 0 Å². The molecule has 1 heterocycles. The Morgan fingerprint density at radius 2 is 1.56 bits per heavy atom. The van der Waals surface area contributed by atoms with Crippen molar-refractivity contribution in [1.82, 2.24) is 0 Å². The van der Waals surface area contributed by atoms with E-state index in [9.17, 15) is 0 Å². The van der Waals surface area contributed by atoms with E-state index < -0.39 is 0 Å². The van der Waals surface area contributed by atoms with Crippen molar-refractivity contribution < 1.29 is 4.42 Å². The third kappa shape index (κ3) is 2.35. The first-order chi connectivity index (χ1) is 8.10. The number of fused-ring (bicyclic) bond motifs is 1. The zero-order valence-electron chi connectivity index (χ0n) is 12.0. The van der Waals surface area contributed by atoms with Gasteiger partial charge in [0.25, 0.3) is 0 Å². The molecule has 2 rings (SSSR count). The molecule has 0 aliphatic rings. The van der Waals surface area contributed by atoms with Crippen molar-refractivity contribution in [2.75, 3.05) is 0 Å². The Kier molecular flexibility index (Phi) is 3.13. The molecule has 2 heteroatoms. The normalized spacial score (nSPS) is 13.3. The predicted molar refractivity (Wildman–Crippen MR) is 81.3 cm³/mol. The summed E-state index contributed by atoms with van der Waals surface area (Å²) in [4.78, 5) is 0. The standard InChI is InChI=1S/C16H21BrO/c1-15(2,3)10-7-11-13(17)9-18-14(11)12(8-10)16(4,5)6/h7-9H,1-6H3. The van der Waals surface area contributed by atoms with Crippen LogP contribution in [-0.2, 0) is 10.8 Å². The molecule has 98 valence electrons. The van der Waals surface area contributed by atoms with E-state index in [2.05, 4.69) is 69.6 Å². The molecule has 1 aromatic carbocycles. The number of furan rings is 1. The molecule has 0 saturated heterocycles. The van der Waals surface area contributed by atoms with Crippen LogP contribution in [0.25, 0.3) is 11.0 Å². The molecule has 0 bridgehead atoms. The summed E-state index contributed by atoms with van der Waals surface area (Å²) in [7, 11) is 0. The molecule has 0 unspecified atom stereocenters. The minimum absolute atomic E-state index is 0.0802. The minimum atomic E-state index is 0.0802. The van der Waals surface area contributed by atoms with E-state index >= 15 is 0 Å². The summed E-state index contributed by atoms with van der Waals surface area (Å²) in [5, 5.41) is 1.17. The predicted octanol–water partition coefficient (Wildman–Crippen LogP) is 5.79. The van der Waals surface area contributed by atoms with Crippen molar-refractivity contribution in [3.05, 3.63) is 34.0 Å². The van der Waals surface area contributed by atoms with E-state index in [1.807, 2.05) is 0 Å². The molecule has 0 amide bonds. The lowest BCUT2D eigenvalue weighted by Gasteiger charge is -2.25. The maximum atomic E-state index is 5.73. The fourth-order valence-electron chi connectivity index (χ4n) is 2.10. The Morgan fingerprint density at radius 3 is 2.06 bits per heavy atom. The fourth-order valence-corrected chi connectivity index (χ4v) is 2.49. The second-order valence-corrected chi connectivity index (χ2v) is 7.84. The molecular weight excluding hydrogens is 288 g/mol. The molecule has 0 radical (unpaired) electrons. The van der Waals surface area contributed by atoms with E-state index in [0.29, 0.717) is 0 Å². The van der Waals surface area contributed by atoms with Crippen LogP contribution in [-0.4, -0.2) is 0 Å². The molecule has 1 aromatic heterocycles. The highest BCUT2D eigenvalue weighted by atomic mass is 79.9. The van der Waals surface area contributed by atoms with E-state index in [0.717, 1.165) is 10.1 Å². The van der Waals surface area contributed by atoms with Gasteiger partial charge in [-0.2, -0.15) is 0 Å². The van der Waals surface area contributed by atoms with Gasteiger partial charge in [-0.25, -0.2) is 0 Å². The van der Waals surface area contributed by atoms with E-state index in [1.54, 1.807) is 6.26 Å². The van der Waals surface area contributed by atoms with Crippen LogP contribution in [0.2, 0.25) is 0 Å². The van der Waals surface area contributed by atoms with E-state index in [-0.39, 0.29) is 10.8 Å². The highest BCUT2D eigenvalue weighted by Gasteiger charge is 2.24. The summed E-state index contributed by atoms with van der Waals surface area (Å²) in [5.41, 5.74) is 3.85. The van der Waals surface area contributed by atoms with Crippen LogP contribution in [0.4, 0.5) is 0 Å². The van der Waals surface area contributed by atoms with Crippen LogP contribution < -0.4 is 0 Å². The van der Waals surface area contributed by atoms with Crippen LogP contribution >= 0.6 is 15.9 Å². The summed E-state index contributed by atoms with van der Waals surface area (Å²) in [6.45, 7) is 13.4. The zero-order chi connectivity index (χ0) is 13.7. The van der Waals surface area contributed by atoms with Crippen molar-refractivity contribution in [3.63, 3.8) is 0 Å². The van der Waals surface area contributed by atoms with Crippen molar-refractivity contribution in [3.8, 4) is 0 Å². The monoisotopic (exact) mass is 308 g/mol. The highest BCUT2D eigenvalue weighted by molar-refractivity contribution is 9.10. The smallest absolute Gasteiger partial charge is 0.138 e. The Hall–Kier alpha value is -0.760. The molecule has 0 fully saturated rings. The van der Waals surface area contributed by atoms with E-state index in [4.69, 9.17) is 4.42 Å². The topological polar surface area (TPSA) is 13.1 Å². The van der Waals surface area contributed by atoms with Crippen LogP contribution in [0.3, 0.4) is 0 Å².